The molecule has 16 nitrogen and oxygen atoms in total. The van der Waals surface area contributed by atoms with Crippen molar-refractivity contribution in [3.8, 4) is 0 Å². The molecule has 55 heavy (non-hydrogen) atoms. The van der Waals surface area contributed by atoms with Crippen LogP contribution in [0.5, 0.6) is 0 Å². The minimum Gasteiger partial charge on any atom is -0.271 e. The number of aromatic nitrogens is 2. The van der Waals surface area contributed by atoms with Crippen LogP contribution in [0.25, 0.3) is 21.5 Å². The summed E-state index contributed by atoms with van der Waals surface area (Å²) >= 11 is 0. The molecule has 10 rings (SSSR count). The molecule has 0 atom stereocenters. The van der Waals surface area contributed by atoms with Crippen LogP contribution in [0.1, 0.15) is 22.3 Å². The first-order valence-corrected chi connectivity index (χ1v) is 21.3. The fourth-order valence-electron chi connectivity index (χ4n) is 7.02. The van der Waals surface area contributed by atoms with Gasteiger partial charge in [-0.25, -0.2) is 37.7 Å². The monoisotopic (exact) mass is 788 g/mol. The van der Waals surface area contributed by atoms with E-state index in [1.807, 2.05) is 48.5 Å². The van der Waals surface area contributed by atoms with Gasteiger partial charge in [0, 0.05) is 72.0 Å². The van der Waals surface area contributed by atoms with Crippen molar-refractivity contribution < 1.29 is 24.6 Å². The highest BCUT2D eigenvalue weighted by molar-refractivity contribution is 7.87. The molecule has 0 unspecified atom stereocenters. The van der Waals surface area contributed by atoms with Gasteiger partial charge in [-0.1, -0.05) is 97.1 Å². The molecule has 0 saturated carbocycles. The van der Waals surface area contributed by atoms with Crippen LogP contribution in [0.4, 0.5) is 11.6 Å². The molecular formula is C36H28N10O6S2Si. The fraction of sp³-hybridized carbons (Fsp3) is 0.111. The molecule has 4 aliphatic heterocycles. The van der Waals surface area contributed by atoms with Crippen molar-refractivity contribution in [2.75, 3.05) is 28.2 Å². The van der Waals surface area contributed by atoms with Crippen molar-refractivity contribution in [3.63, 3.8) is 0 Å². The number of amidine groups is 4. The summed E-state index contributed by atoms with van der Waals surface area (Å²) in [4.78, 5) is 30.4. The Bertz CT molecular complexity index is 3010. The average molecular weight is 789 g/mol. The summed E-state index contributed by atoms with van der Waals surface area (Å²) in [5.74, 6) is 1.15. The van der Waals surface area contributed by atoms with Gasteiger partial charge in [-0.05, 0) is 0 Å². The smallest absolute Gasteiger partial charge is 0.271 e. The average Bonchev–Trinajstić information content (AvgIpc) is 3.87. The molecular weight excluding hydrogens is 761 g/mol. The van der Waals surface area contributed by atoms with Crippen molar-refractivity contribution in [3.05, 3.63) is 130 Å². The quantitative estimate of drug-likeness (QED) is 0.234. The summed E-state index contributed by atoms with van der Waals surface area (Å²) < 4.78 is 75.0. The molecule has 6 aromatic rings. The lowest BCUT2D eigenvalue weighted by Gasteiger charge is -2.33. The first kappa shape index (κ1) is 33.7. The molecule has 6 heterocycles. The van der Waals surface area contributed by atoms with Gasteiger partial charge >= 0.3 is 29.5 Å². The first-order valence-electron chi connectivity index (χ1n) is 16.9. The van der Waals surface area contributed by atoms with Gasteiger partial charge in [0.2, 0.25) is 0 Å². The van der Waals surface area contributed by atoms with E-state index in [0.717, 1.165) is 8.61 Å². The Morgan fingerprint density at radius 3 is 1.15 bits per heavy atom. The van der Waals surface area contributed by atoms with Gasteiger partial charge in [-0.2, -0.15) is 25.4 Å². The van der Waals surface area contributed by atoms with E-state index < -0.39 is 29.5 Å². The second-order valence-electron chi connectivity index (χ2n) is 13.3. The lowest BCUT2D eigenvalue weighted by molar-refractivity contribution is 0.309. The molecule has 6 bridgehead atoms. The van der Waals surface area contributed by atoms with Gasteiger partial charge in [0.15, 0.2) is 23.3 Å². The van der Waals surface area contributed by atoms with Gasteiger partial charge in [0.05, 0.1) is 0 Å². The minimum atomic E-state index is -5.54. The van der Waals surface area contributed by atoms with Gasteiger partial charge in [0.1, 0.15) is 22.6 Å². The zero-order valence-electron chi connectivity index (χ0n) is 29.5. The highest BCUT2D eigenvalue weighted by atomic mass is 32.2. The molecule has 0 N–H and O–H groups in total. The van der Waals surface area contributed by atoms with Crippen LogP contribution in [0.3, 0.4) is 0 Å². The second-order valence-corrected chi connectivity index (χ2v) is 19.8. The standard InChI is InChI=1S/C36H28N10O6S2Si/c1-43(2)53(47,48)51-55(52-54(49,50)44(3)4)45-33-25-17-9-10-18-26(25)35(45)41-31-23-15-7-8-16-24(23)32(38-31)42-36-28-20-12-11-19-27(28)34(46(36)55)40-30-22-14-6-5-13-21(22)29(37-30)39-33/h5-20H,1-4H3. The summed E-state index contributed by atoms with van der Waals surface area (Å²) in [7, 11) is -10.1. The van der Waals surface area contributed by atoms with E-state index in [1.165, 1.54) is 36.7 Å². The molecule has 0 saturated heterocycles. The first-order chi connectivity index (χ1) is 26.4. The normalized spacial score (nSPS) is 16.5. The molecule has 274 valence electrons. The SMILES string of the molecule is CN(C)S(=O)(=O)O[Si]1(OS(=O)(=O)N(C)C)n2c3c4ccccc4c2N=C2N=C(N=c4c5ccccc5c(n41)=NC1=NC(=N3)c3ccccc31)c1ccccc12. The lowest BCUT2D eigenvalue weighted by atomic mass is 10.1. The number of aliphatic imine (C=N–C) groups is 4. The molecule has 0 fully saturated rings. The Hall–Kier alpha value is -5.80. The Balaban J connectivity index is 1.57. The molecule has 2 aromatic heterocycles. The maximum atomic E-state index is 14.4. The molecule has 4 aromatic carbocycles. The van der Waals surface area contributed by atoms with Crippen LogP contribution < -0.4 is 11.0 Å². The Morgan fingerprint density at radius 2 is 0.782 bits per heavy atom. The van der Waals surface area contributed by atoms with Crippen molar-refractivity contribution in [2.45, 2.75) is 0 Å². The summed E-state index contributed by atoms with van der Waals surface area (Å²) in [6.07, 6.45) is 0. The highest BCUT2D eigenvalue weighted by Crippen LogP contribution is 2.44. The third-order valence-electron chi connectivity index (χ3n) is 9.64. The third-order valence-corrected chi connectivity index (χ3v) is 16.8. The van der Waals surface area contributed by atoms with Crippen LogP contribution in [0.2, 0.25) is 0 Å². The van der Waals surface area contributed by atoms with E-state index in [2.05, 4.69) is 0 Å². The van der Waals surface area contributed by atoms with Crippen LogP contribution >= 0.6 is 0 Å². The Labute approximate surface area is 315 Å². The van der Waals surface area contributed by atoms with E-state index in [4.69, 9.17) is 37.7 Å². The predicted octanol–water partition coefficient (Wildman–Crippen LogP) is 3.02. The van der Waals surface area contributed by atoms with Crippen LogP contribution in [-0.4, -0.2) is 94.3 Å². The number of hydrogen-bond donors (Lipinski definition) is 0. The summed E-state index contributed by atoms with van der Waals surface area (Å²) in [6.45, 7) is 0. The van der Waals surface area contributed by atoms with Crippen LogP contribution in [-0.2, 0) is 28.4 Å². The third kappa shape index (κ3) is 4.81. The summed E-state index contributed by atoms with van der Waals surface area (Å²) in [6, 6.07) is 29.1. The molecule has 4 aliphatic rings. The topological polar surface area (TPSA) is 177 Å². The number of hydrogen-bond acceptors (Lipinski definition) is 12. The Kier molecular flexibility index (Phi) is 7.12. The zero-order valence-corrected chi connectivity index (χ0v) is 32.1. The second kappa shape index (κ2) is 11.6. The minimum absolute atomic E-state index is 0.0759. The number of rotatable bonds is 6. The molecule has 0 aliphatic carbocycles. The van der Waals surface area contributed by atoms with Crippen LogP contribution in [0, 0.1) is 0 Å². The molecule has 0 radical (unpaired) electrons. The van der Waals surface area contributed by atoms with Crippen molar-refractivity contribution in [1.29, 1.82) is 0 Å². The van der Waals surface area contributed by atoms with E-state index in [1.54, 1.807) is 48.5 Å². The van der Waals surface area contributed by atoms with Gasteiger partial charge in [0.25, 0.3) is 0 Å². The van der Waals surface area contributed by atoms with Gasteiger partial charge in [-0.3, -0.25) is 8.47 Å². The maximum absolute atomic E-state index is 14.4. The zero-order chi connectivity index (χ0) is 38.0. The van der Waals surface area contributed by atoms with Crippen molar-refractivity contribution >= 4 is 86.0 Å². The van der Waals surface area contributed by atoms with Crippen molar-refractivity contribution in [1.82, 2.24) is 17.1 Å². The number of nitrogens with zero attached hydrogens (tertiary/aromatic N) is 10. The van der Waals surface area contributed by atoms with E-state index in [-0.39, 0.29) is 46.0 Å². The lowest BCUT2D eigenvalue weighted by Crippen LogP contribution is -2.66. The van der Waals surface area contributed by atoms with E-state index >= 15 is 0 Å². The number of benzene rings is 4. The van der Waals surface area contributed by atoms with Gasteiger partial charge < -0.3 is 0 Å². The predicted molar refractivity (Wildman–Crippen MR) is 208 cm³/mol. The van der Waals surface area contributed by atoms with E-state index in [0.29, 0.717) is 43.8 Å². The van der Waals surface area contributed by atoms with Gasteiger partial charge in [-0.15, -0.1) is 0 Å². The summed E-state index contributed by atoms with van der Waals surface area (Å²) in [5.41, 5.74) is 2.76. The molecule has 0 spiro atoms. The van der Waals surface area contributed by atoms with E-state index in [9.17, 15) is 16.8 Å². The Morgan fingerprint density at radius 1 is 0.455 bits per heavy atom. The molecule has 19 heteroatoms. The maximum Gasteiger partial charge on any atom is 0.634 e. The summed E-state index contributed by atoms with van der Waals surface area (Å²) in [5, 5.41) is 1.92. The van der Waals surface area contributed by atoms with Crippen molar-refractivity contribution in [2.24, 2.45) is 30.0 Å². The fourth-order valence-corrected chi connectivity index (χ4v) is 13.9. The largest absolute Gasteiger partial charge is 0.634 e. The molecule has 0 amide bonds. The number of fused-ring (bicyclic) bond motifs is 14. The highest BCUT2D eigenvalue weighted by Gasteiger charge is 2.60. The van der Waals surface area contributed by atoms with Crippen LogP contribution in [0.15, 0.2) is 127 Å².